The molecule has 0 atom stereocenters. The van der Waals surface area contributed by atoms with Gasteiger partial charge in [-0.25, -0.2) is 0 Å². The van der Waals surface area contributed by atoms with E-state index in [0.717, 1.165) is 10.5 Å². The Balaban J connectivity index is 1.92. The molecule has 0 aliphatic rings. The van der Waals surface area contributed by atoms with E-state index in [1.165, 1.54) is 23.9 Å². The van der Waals surface area contributed by atoms with Crippen LogP contribution in [0.3, 0.4) is 0 Å². The number of anilines is 1. The Hall–Kier alpha value is -2.02. The van der Waals surface area contributed by atoms with Crippen LogP contribution in [-0.2, 0) is 10.5 Å². The second-order valence-corrected chi connectivity index (χ2v) is 5.17. The number of nitrogens with zero attached hydrogens (tertiary/aromatic N) is 1. The van der Waals surface area contributed by atoms with Gasteiger partial charge in [0.1, 0.15) is 0 Å². The third-order valence-corrected chi connectivity index (χ3v) is 3.58. The minimum absolute atomic E-state index is 0.114. The van der Waals surface area contributed by atoms with Crippen LogP contribution in [0.2, 0.25) is 0 Å². The van der Waals surface area contributed by atoms with Crippen LogP contribution in [0.15, 0.2) is 53.7 Å². The maximum absolute atomic E-state index is 12.1. The Labute approximate surface area is 123 Å². The first-order valence-electron chi connectivity index (χ1n) is 5.95. The van der Waals surface area contributed by atoms with Crippen LogP contribution in [0.25, 0.3) is 0 Å². The lowest BCUT2D eigenvalue weighted by molar-refractivity contribution is -0.167. The summed E-state index contributed by atoms with van der Waals surface area (Å²) in [6, 6.07) is 9.98. The van der Waals surface area contributed by atoms with Gasteiger partial charge in [0, 0.05) is 28.7 Å². The molecular weight excluding hydrogens is 301 g/mol. The normalized spacial score (nSPS) is 11.2. The summed E-state index contributed by atoms with van der Waals surface area (Å²) in [6.07, 6.45) is -1.44. The van der Waals surface area contributed by atoms with E-state index >= 15 is 0 Å². The van der Waals surface area contributed by atoms with Crippen LogP contribution < -0.4 is 5.32 Å². The first kappa shape index (κ1) is 15.4. The molecule has 0 fully saturated rings. The van der Waals surface area contributed by atoms with Crippen molar-refractivity contribution in [1.82, 2.24) is 4.98 Å². The summed E-state index contributed by atoms with van der Waals surface area (Å²) in [5.41, 5.74) is 1.17. The summed E-state index contributed by atoms with van der Waals surface area (Å²) in [5.74, 6) is -1.26. The lowest BCUT2D eigenvalue weighted by Crippen LogP contribution is -2.29. The Bertz CT molecular complexity index is 600. The highest BCUT2D eigenvalue weighted by Crippen LogP contribution is 2.25. The molecule has 1 N–H and O–H groups in total. The monoisotopic (exact) mass is 312 g/mol. The third kappa shape index (κ3) is 4.78. The minimum Gasteiger partial charge on any atom is -0.318 e. The molecule has 3 nitrogen and oxygen atoms in total. The first-order valence-corrected chi connectivity index (χ1v) is 6.93. The van der Waals surface area contributed by atoms with Crippen LogP contribution in [-0.4, -0.2) is 17.1 Å². The van der Waals surface area contributed by atoms with Gasteiger partial charge in [0.2, 0.25) is 0 Å². The Morgan fingerprint density at radius 2 is 1.90 bits per heavy atom. The molecule has 7 heteroatoms. The predicted molar refractivity (Wildman–Crippen MR) is 74.9 cm³/mol. The van der Waals surface area contributed by atoms with Gasteiger partial charge >= 0.3 is 12.1 Å². The van der Waals surface area contributed by atoms with E-state index in [0.29, 0.717) is 5.75 Å². The summed E-state index contributed by atoms with van der Waals surface area (Å²) in [7, 11) is 0. The Kier molecular flexibility index (Phi) is 4.85. The molecule has 2 aromatic rings. The molecule has 1 aromatic carbocycles. The summed E-state index contributed by atoms with van der Waals surface area (Å²) in [4.78, 5) is 15.7. The van der Waals surface area contributed by atoms with E-state index < -0.39 is 12.1 Å². The highest BCUT2D eigenvalue weighted by molar-refractivity contribution is 7.98. The molecule has 0 aliphatic heterocycles. The van der Waals surface area contributed by atoms with Crippen molar-refractivity contribution in [3.8, 4) is 0 Å². The Morgan fingerprint density at radius 1 is 1.19 bits per heavy atom. The molecule has 1 amide bonds. The molecular formula is C14H11F3N2OS. The van der Waals surface area contributed by atoms with Gasteiger partial charge in [0.25, 0.3) is 0 Å². The van der Waals surface area contributed by atoms with Crippen molar-refractivity contribution in [2.75, 3.05) is 5.32 Å². The van der Waals surface area contributed by atoms with Crippen molar-refractivity contribution < 1.29 is 18.0 Å². The zero-order valence-corrected chi connectivity index (χ0v) is 11.5. The van der Waals surface area contributed by atoms with Gasteiger partial charge in [-0.15, -0.1) is 11.8 Å². The number of thioether (sulfide) groups is 1. The first-order chi connectivity index (χ1) is 9.95. The number of carbonyl (C=O) groups is 1. The van der Waals surface area contributed by atoms with Gasteiger partial charge in [0.05, 0.1) is 0 Å². The molecule has 110 valence electrons. The molecule has 0 radical (unpaired) electrons. The fraction of sp³-hybridized carbons (Fsp3) is 0.143. The third-order valence-electron chi connectivity index (χ3n) is 2.50. The van der Waals surface area contributed by atoms with E-state index in [2.05, 4.69) is 4.98 Å². The van der Waals surface area contributed by atoms with Crippen molar-refractivity contribution >= 4 is 23.4 Å². The molecule has 0 aliphatic carbocycles. The minimum atomic E-state index is -4.88. The van der Waals surface area contributed by atoms with Crippen LogP contribution in [0.4, 0.5) is 18.9 Å². The van der Waals surface area contributed by atoms with Gasteiger partial charge in [-0.3, -0.25) is 9.78 Å². The maximum atomic E-state index is 12.1. The van der Waals surface area contributed by atoms with Crippen LogP contribution in [0.5, 0.6) is 0 Å². The van der Waals surface area contributed by atoms with Crippen LogP contribution in [0.1, 0.15) is 5.56 Å². The van der Waals surface area contributed by atoms with Crippen LogP contribution in [0, 0.1) is 0 Å². The van der Waals surface area contributed by atoms with Crippen molar-refractivity contribution in [3.63, 3.8) is 0 Å². The largest absolute Gasteiger partial charge is 0.471 e. The van der Waals surface area contributed by atoms with E-state index in [9.17, 15) is 18.0 Å². The summed E-state index contributed by atoms with van der Waals surface area (Å²) in [6.45, 7) is 0. The number of carbonyl (C=O) groups excluding carboxylic acids is 1. The Morgan fingerprint density at radius 3 is 2.48 bits per heavy atom. The number of hydrogen-bond acceptors (Lipinski definition) is 3. The number of aromatic nitrogens is 1. The molecule has 1 heterocycles. The van der Waals surface area contributed by atoms with E-state index in [4.69, 9.17) is 0 Å². The van der Waals surface area contributed by atoms with Crippen molar-refractivity contribution in [2.24, 2.45) is 0 Å². The second-order valence-electron chi connectivity index (χ2n) is 4.13. The zero-order valence-electron chi connectivity index (χ0n) is 10.7. The number of benzene rings is 1. The molecule has 0 saturated carbocycles. The molecule has 0 bridgehead atoms. The zero-order chi connectivity index (χ0) is 15.3. The van der Waals surface area contributed by atoms with Crippen LogP contribution >= 0.6 is 11.8 Å². The molecule has 2 rings (SSSR count). The standard InChI is InChI=1S/C14H11F3N2OS/c15-14(16,17)13(20)19-11-3-5-12(6-4-11)21-9-10-2-1-7-18-8-10/h1-8H,9H2,(H,19,20). The number of alkyl halides is 3. The van der Waals surface area contributed by atoms with Gasteiger partial charge in [-0.05, 0) is 35.9 Å². The molecule has 0 saturated heterocycles. The average Bonchev–Trinajstić information content (AvgIpc) is 2.46. The van der Waals surface area contributed by atoms with Gasteiger partial charge in [-0.2, -0.15) is 13.2 Å². The molecule has 21 heavy (non-hydrogen) atoms. The molecule has 1 aromatic heterocycles. The number of rotatable bonds is 4. The summed E-state index contributed by atoms with van der Waals surface area (Å²) >= 11 is 1.53. The maximum Gasteiger partial charge on any atom is 0.471 e. The van der Waals surface area contributed by atoms with Gasteiger partial charge < -0.3 is 5.32 Å². The fourth-order valence-corrected chi connectivity index (χ4v) is 2.32. The van der Waals surface area contributed by atoms with E-state index in [1.54, 1.807) is 29.8 Å². The van der Waals surface area contributed by atoms with Gasteiger partial charge in [0.15, 0.2) is 0 Å². The van der Waals surface area contributed by atoms with Crippen molar-refractivity contribution in [2.45, 2.75) is 16.8 Å². The number of pyridine rings is 1. The predicted octanol–water partition coefficient (Wildman–Crippen LogP) is 3.87. The van der Waals surface area contributed by atoms with E-state index in [-0.39, 0.29) is 5.69 Å². The highest BCUT2D eigenvalue weighted by Gasteiger charge is 2.38. The van der Waals surface area contributed by atoms with Crippen molar-refractivity contribution in [1.29, 1.82) is 0 Å². The smallest absolute Gasteiger partial charge is 0.318 e. The summed E-state index contributed by atoms with van der Waals surface area (Å²) < 4.78 is 36.3. The number of nitrogens with one attached hydrogen (secondary N) is 1. The summed E-state index contributed by atoms with van der Waals surface area (Å²) in [5, 5.41) is 1.80. The average molecular weight is 312 g/mol. The fourth-order valence-electron chi connectivity index (χ4n) is 1.49. The number of hydrogen-bond donors (Lipinski definition) is 1. The van der Waals surface area contributed by atoms with Crippen molar-refractivity contribution in [3.05, 3.63) is 54.4 Å². The van der Waals surface area contributed by atoms with E-state index in [1.807, 2.05) is 12.1 Å². The lowest BCUT2D eigenvalue weighted by Gasteiger charge is -2.08. The molecule has 0 unspecified atom stereocenters. The number of halogens is 3. The number of amides is 1. The molecule has 0 spiro atoms. The topological polar surface area (TPSA) is 42.0 Å². The SMILES string of the molecule is O=C(Nc1ccc(SCc2cccnc2)cc1)C(F)(F)F. The second kappa shape index (κ2) is 6.62. The lowest BCUT2D eigenvalue weighted by atomic mass is 10.3. The quantitative estimate of drug-likeness (QED) is 0.871. The van der Waals surface area contributed by atoms with Gasteiger partial charge in [-0.1, -0.05) is 6.07 Å². The highest BCUT2D eigenvalue weighted by atomic mass is 32.2.